The van der Waals surface area contributed by atoms with Crippen LogP contribution in [0.25, 0.3) is 11.0 Å². The van der Waals surface area contributed by atoms with Crippen LogP contribution in [0.1, 0.15) is 26.3 Å². The lowest BCUT2D eigenvalue weighted by Gasteiger charge is -1.99. The molecule has 2 aromatic heterocycles. The van der Waals surface area contributed by atoms with Gasteiger partial charge in [0, 0.05) is 12.7 Å². The van der Waals surface area contributed by atoms with E-state index in [0.717, 1.165) is 12.1 Å². The van der Waals surface area contributed by atoms with Gasteiger partial charge in [-0.15, -0.1) is 0 Å². The highest BCUT2D eigenvalue weighted by Crippen LogP contribution is 2.14. The molecule has 0 saturated heterocycles. The lowest BCUT2D eigenvalue weighted by molar-refractivity contribution is 0.785. The fourth-order valence-electron chi connectivity index (χ4n) is 1.64. The van der Waals surface area contributed by atoms with Crippen LogP contribution >= 0.6 is 0 Å². The van der Waals surface area contributed by atoms with E-state index < -0.39 is 0 Å². The van der Waals surface area contributed by atoms with Crippen LogP contribution in [0.5, 0.6) is 0 Å². The molecule has 2 aromatic rings. The Morgan fingerprint density at radius 3 is 2.69 bits per heavy atom. The zero-order valence-corrected chi connectivity index (χ0v) is 10.2. The van der Waals surface area contributed by atoms with Crippen LogP contribution in [0.15, 0.2) is 11.0 Å². The van der Waals surface area contributed by atoms with Gasteiger partial charge in [0.2, 0.25) is 5.95 Å². The average molecular weight is 222 g/mol. The van der Waals surface area contributed by atoms with Crippen molar-refractivity contribution in [1.29, 1.82) is 0 Å². The molecule has 5 nitrogen and oxygen atoms in total. The van der Waals surface area contributed by atoms with Gasteiger partial charge in [0.05, 0.1) is 5.39 Å². The molecule has 0 aromatic carbocycles. The van der Waals surface area contributed by atoms with Crippen LogP contribution in [-0.2, 0) is 6.54 Å². The molecule has 0 saturated carbocycles. The average Bonchev–Trinajstić information content (AvgIpc) is 2.58. The lowest BCUT2D eigenvalue weighted by Crippen LogP contribution is -2.12. The number of fused-ring (bicyclic) bond motifs is 1. The normalized spacial score (nSPS) is 10.0. The van der Waals surface area contributed by atoms with E-state index in [4.69, 9.17) is 5.73 Å². The summed E-state index contributed by atoms with van der Waals surface area (Å²) in [5, 5.41) is 0.626. The summed E-state index contributed by atoms with van der Waals surface area (Å²) < 4.78 is 1.91. The van der Waals surface area contributed by atoms with Gasteiger partial charge in [0.25, 0.3) is 5.56 Å². The summed E-state index contributed by atoms with van der Waals surface area (Å²) in [5.74, 6) is 0.162. The molecule has 88 valence electrons. The topological polar surface area (TPSA) is 76.7 Å². The standard InChI is InChI=1S/C9H12N4O.C2H6/c1-3-13-4-5(2)6-7(13)11-9(10)12-8(6)14;1-2/h4H,3H2,1-2H3,(H3,10,11,12,14);1-2H3. The number of aromatic nitrogens is 3. The van der Waals surface area contributed by atoms with E-state index in [9.17, 15) is 4.79 Å². The number of nitrogens with two attached hydrogens (primary N) is 1. The summed E-state index contributed by atoms with van der Waals surface area (Å²) >= 11 is 0. The van der Waals surface area contributed by atoms with Gasteiger partial charge < -0.3 is 10.3 Å². The van der Waals surface area contributed by atoms with Gasteiger partial charge in [-0.1, -0.05) is 13.8 Å². The van der Waals surface area contributed by atoms with Crippen molar-refractivity contribution in [2.45, 2.75) is 34.2 Å². The third-order valence-electron chi connectivity index (χ3n) is 2.28. The third-order valence-corrected chi connectivity index (χ3v) is 2.28. The highest BCUT2D eigenvalue weighted by Gasteiger charge is 2.09. The first-order chi connectivity index (χ1) is 7.63. The Labute approximate surface area is 94.3 Å². The van der Waals surface area contributed by atoms with Crippen molar-refractivity contribution >= 4 is 17.0 Å². The van der Waals surface area contributed by atoms with E-state index in [1.165, 1.54) is 0 Å². The molecule has 5 heteroatoms. The number of hydrogen-bond acceptors (Lipinski definition) is 3. The van der Waals surface area contributed by atoms with Crippen molar-refractivity contribution in [2.24, 2.45) is 0 Å². The molecule has 0 amide bonds. The van der Waals surface area contributed by atoms with Crippen LogP contribution in [0, 0.1) is 6.92 Å². The number of H-pyrrole nitrogens is 1. The van der Waals surface area contributed by atoms with Crippen molar-refractivity contribution in [2.75, 3.05) is 5.73 Å². The molecule has 0 radical (unpaired) electrons. The number of nitrogens with zero attached hydrogens (tertiary/aromatic N) is 2. The predicted octanol–water partition coefficient (Wildman–Crippen LogP) is 1.66. The van der Waals surface area contributed by atoms with E-state index in [2.05, 4.69) is 9.97 Å². The van der Waals surface area contributed by atoms with Gasteiger partial charge in [-0.05, 0) is 19.4 Å². The summed E-state index contributed by atoms with van der Waals surface area (Å²) in [7, 11) is 0. The number of nitrogen functional groups attached to an aromatic ring is 1. The zero-order chi connectivity index (χ0) is 12.3. The van der Waals surface area contributed by atoms with Crippen LogP contribution in [-0.4, -0.2) is 14.5 Å². The number of rotatable bonds is 1. The number of hydrogen-bond donors (Lipinski definition) is 2. The second-order valence-electron chi connectivity index (χ2n) is 3.25. The van der Waals surface area contributed by atoms with Gasteiger partial charge in [0.1, 0.15) is 5.65 Å². The van der Waals surface area contributed by atoms with E-state index >= 15 is 0 Å². The van der Waals surface area contributed by atoms with Gasteiger partial charge in [-0.3, -0.25) is 9.78 Å². The summed E-state index contributed by atoms with van der Waals surface area (Å²) in [6.45, 7) is 8.67. The number of aryl methyl sites for hydroxylation is 2. The minimum absolute atomic E-state index is 0.162. The minimum atomic E-state index is -0.169. The van der Waals surface area contributed by atoms with E-state index in [1.807, 2.05) is 38.5 Å². The molecule has 0 fully saturated rings. The second-order valence-corrected chi connectivity index (χ2v) is 3.25. The molecule has 2 rings (SSSR count). The largest absolute Gasteiger partial charge is 0.369 e. The number of anilines is 1. The molecule has 2 heterocycles. The Kier molecular flexibility index (Phi) is 3.71. The fraction of sp³-hybridized carbons (Fsp3) is 0.455. The van der Waals surface area contributed by atoms with Gasteiger partial charge >= 0.3 is 0 Å². The monoisotopic (exact) mass is 222 g/mol. The van der Waals surface area contributed by atoms with Crippen molar-refractivity contribution < 1.29 is 0 Å². The van der Waals surface area contributed by atoms with Crippen LogP contribution in [0.4, 0.5) is 5.95 Å². The maximum absolute atomic E-state index is 11.6. The van der Waals surface area contributed by atoms with E-state index in [0.29, 0.717) is 11.0 Å². The molecule has 0 aliphatic heterocycles. The van der Waals surface area contributed by atoms with E-state index in [-0.39, 0.29) is 11.5 Å². The molecule has 0 aliphatic rings. The molecule has 3 N–H and O–H groups in total. The molecular formula is C11H18N4O. The molecule has 0 aliphatic carbocycles. The van der Waals surface area contributed by atoms with Crippen molar-refractivity contribution in [3.8, 4) is 0 Å². The Morgan fingerprint density at radius 2 is 2.12 bits per heavy atom. The number of nitrogens with one attached hydrogen (secondary N) is 1. The summed E-state index contributed by atoms with van der Waals surface area (Å²) in [6.07, 6.45) is 1.91. The van der Waals surface area contributed by atoms with Gasteiger partial charge in [0.15, 0.2) is 0 Å². The van der Waals surface area contributed by atoms with E-state index in [1.54, 1.807) is 0 Å². The summed E-state index contributed by atoms with van der Waals surface area (Å²) in [6, 6.07) is 0. The Hall–Kier alpha value is -1.78. The summed E-state index contributed by atoms with van der Waals surface area (Å²) in [4.78, 5) is 18.2. The molecular weight excluding hydrogens is 204 g/mol. The fourth-order valence-corrected chi connectivity index (χ4v) is 1.64. The molecule has 0 bridgehead atoms. The SMILES string of the molecule is CC.CCn1cc(C)c2c(=O)[nH]c(N)nc21. The molecule has 0 unspecified atom stereocenters. The smallest absolute Gasteiger partial charge is 0.262 e. The molecule has 16 heavy (non-hydrogen) atoms. The predicted molar refractivity (Wildman–Crippen MR) is 66.5 cm³/mol. The zero-order valence-electron chi connectivity index (χ0n) is 10.2. The highest BCUT2D eigenvalue weighted by molar-refractivity contribution is 5.79. The minimum Gasteiger partial charge on any atom is -0.369 e. The summed E-state index contributed by atoms with van der Waals surface area (Å²) in [5.41, 5.74) is 6.89. The number of aromatic amines is 1. The van der Waals surface area contributed by atoms with Crippen LogP contribution < -0.4 is 11.3 Å². The van der Waals surface area contributed by atoms with Gasteiger partial charge in [-0.2, -0.15) is 4.98 Å². The van der Waals surface area contributed by atoms with Crippen molar-refractivity contribution in [3.63, 3.8) is 0 Å². The van der Waals surface area contributed by atoms with Crippen LogP contribution in [0.2, 0.25) is 0 Å². The van der Waals surface area contributed by atoms with Gasteiger partial charge in [-0.25, -0.2) is 0 Å². The first-order valence-electron chi connectivity index (χ1n) is 5.48. The third kappa shape index (κ3) is 1.93. The Morgan fingerprint density at radius 1 is 1.50 bits per heavy atom. The quantitative estimate of drug-likeness (QED) is 0.770. The van der Waals surface area contributed by atoms with Crippen molar-refractivity contribution in [1.82, 2.24) is 14.5 Å². The first-order valence-corrected chi connectivity index (χ1v) is 5.48. The van der Waals surface area contributed by atoms with Crippen LogP contribution in [0.3, 0.4) is 0 Å². The lowest BCUT2D eigenvalue weighted by atomic mass is 10.3. The molecule has 0 spiro atoms. The second kappa shape index (κ2) is 4.83. The Balaban J connectivity index is 0.000000606. The maximum atomic E-state index is 11.6. The highest BCUT2D eigenvalue weighted by atomic mass is 16.1. The molecule has 0 atom stereocenters. The Bertz CT molecular complexity index is 539. The van der Waals surface area contributed by atoms with Crippen molar-refractivity contribution in [3.05, 3.63) is 22.1 Å². The first kappa shape index (κ1) is 12.3. The maximum Gasteiger partial charge on any atom is 0.262 e.